The van der Waals surface area contributed by atoms with Crippen molar-refractivity contribution < 1.29 is 22.7 Å². The highest BCUT2D eigenvalue weighted by Crippen LogP contribution is 2.15. The van der Waals surface area contributed by atoms with Crippen molar-refractivity contribution in [2.45, 2.75) is 37.6 Å². The molecule has 1 aromatic rings. The number of rotatable bonds is 9. The number of hydrogen-bond acceptors (Lipinski definition) is 6. The van der Waals surface area contributed by atoms with E-state index in [1.165, 1.54) is 24.3 Å². The van der Waals surface area contributed by atoms with Crippen LogP contribution in [0.2, 0.25) is 5.02 Å². The average molecular weight is 416 g/mol. The van der Waals surface area contributed by atoms with Crippen LogP contribution < -0.4 is 10.0 Å². The third kappa shape index (κ3) is 7.17. The lowest BCUT2D eigenvalue weighted by atomic mass is 9.90. The quantitative estimate of drug-likeness (QED) is 0.590. The van der Waals surface area contributed by atoms with Crippen molar-refractivity contribution in [1.29, 1.82) is 5.26 Å². The van der Waals surface area contributed by atoms with E-state index in [2.05, 4.69) is 10.0 Å². The second-order valence-electron chi connectivity index (χ2n) is 6.28. The second-order valence-corrected chi connectivity index (χ2v) is 8.48. The number of ether oxygens (including phenoxy) is 1. The predicted molar refractivity (Wildman–Crippen MR) is 99.2 cm³/mol. The van der Waals surface area contributed by atoms with Gasteiger partial charge in [-0.25, -0.2) is 13.1 Å². The summed E-state index contributed by atoms with van der Waals surface area (Å²) in [6, 6.07) is 7.57. The van der Waals surface area contributed by atoms with Crippen LogP contribution in [0, 0.1) is 17.2 Å². The van der Waals surface area contributed by atoms with Crippen molar-refractivity contribution in [3.05, 3.63) is 29.3 Å². The first-order valence-corrected chi connectivity index (χ1v) is 9.99. The molecule has 10 heteroatoms. The van der Waals surface area contributed by atoms with Gasteiger partial charge in [0.05, 0.1) is 17.4 Å². The fourth-order valence-corrected chi connectivity index (χ4v) is 2.99. The minimum atomic E-state index is -3.77. The zero-order valence-corrected chi connectivity index (χ0v) is 16.9. The summed E-state index contributed by atoms with van der Waals surface area (Å²) in [5.74, 6) is -1.49. The van der Waals surface area contributed by atoms with Gasteiger partial charge in [-0.1, -0.05) is 25.4 Å². The number of amides is 1. The first-order chi connectivity index (χ1) is 12.5. The summed E-state index contributed by atoms with van der Waals surface area (Å²) in [6.07, 6.45) is -0.250. The first-order valence-electron chi connectivity index (χ1n) is 8.13. The highest BCUT2D eigenvalue weighted by atomic mass is 35.5. The summed E-state index contributed by atoms with van der Waals surface area (Å²) in [5, 5.41) is 12.0. The Morgan fingerprint density at radius 3 is 2.41 bits per heavy atom. The van der Waals surface area contributed by atoms with Crippen LogP contribution >= 0.6 is 11.6 Å². The van der Waals surface area contributed by atoms with E-state index >= 15 is 0 Å². The molecule has 0 aliphatic heterocycles. The number of nitrogens with zero attached hydrogens (tertiary/aromatic N) is 1. The molecule has 1 atom stereocenters. The molecule has 0 saturated carbocycles. The Bertz CT molecular complexity index is 818. The maximum atomic E-state index is 12.0. The van der Waals surface area contributed by atoms with E-state index < -0.39 is 34.0 Å². The Balaban J connectivity index is 2.42. The van der Waals surface area contributed by atoms with E-state index in [9.17, 15) is 18.0 Å². The molecule has 148 valence electrons. The van der Waals surface area contributed by atoms with Gasteiger partial charge >= 0.3 is 5.97 Å². The third-order valence-electron chi connectivity index (χ3n) is 3.90. The molecule has 0 spiro atoms. The van der Waals surface area contributed by atoms with Crippen LogP contribution in [0.4, 0.5) is 0 Å². The van der Waals surface area contributed by atoms with E-state index in [4.69, 9.17) is 21.6 Å². The molecule has 0 bridgehead atoms. The van der Waals surface area contributed by atoms with Crippen molar-refractivity contribution in [2.24, 2.45) is 5.92 Å². The standard InChI is InChI=1S/C17H22ClN3O5S/c1-12(2)17(3,11-19)21-15(22)10-26-16(23)8-9-20-27(24,25)14-6-4-13(18)5-7-14/h4-7,12,20H,8-10H2,1-3H3,(H,21,22)/t17-/m0/s1. The van der Waals surface area contributed by atoms with E-state index in [0.29, 0.717) is 5.02 Å². The van der Waals surface area contributed by atoms with Crippen LogP contribution in [0.3, 0.4) is 0 Å². The number of esters is 1. The van der Waals surface area contributed by atoms with E-state index in [1.54, 1.807) is 20.8 Å². The number of nitrogens with one attached hydrogen (secondary N) is 2. The third-order valence-corrected chi connectivity index (χ3v) is 5.62. The van der Waals surface area contributed by atoms with Crippen molar-refractivity contribution >= 4 is 33.5 Å². The molecular formula is C17H22ClN3O5S. The summed E-state index contributed by atoms with van der Waals surface area (Å²) in [7, 11) is -3.77. The van der Waals surface area contributed by atoms with Crippen molar-refractivity contribution in [1.82, 2.24) is 10.0 Å². The highest BCUT2D eigenvalue weighted by Gasteiger charge is 2.30. The second kappa shape index (κ2) is 9.69. The van der Waals surface area contributed by atoms with Gasteiger partial charge in [-0.15, -0.1) is 0 Å². The number of carbonyl (C=O) groups excluding carboxylic acids is 2. The molecule has 0 radical (unpaired) electrons. The van der Waals surface area contributed by atoms with Gasteiger partial charge in [0.15, 0.2) is 6.61 Å². The fraction of sp³-hybridized carbons (Fsp3) is 0.471. The molecule has 0 aromatic heterocycles. The van der Waals surface area contributed by atoms with Crippen LogP contribution in [0.25, 0.3) is 0 Å². The van der Waals surface area contributed by atoms with Crippen molar-refractivity contribution in [2.75, 3.05) is 13.2 Å². The lowest BCUT2D eigenvalue weighted by Gasteiger charge is -2.27. The number of carbonyl (C=O) groups is 2. The van der Waals surface area contributed by atoms with Gasteiger partial charge < -0.3 is 10.1 Å². The largest absolute Gasteiger partial charge is 0.456 e. The van der Waals surface area contributed by atoms with Gasteiger partial charge in [-0.2, -0.15) is 5.26 Å². The molecule has 2 N–H and O–H groups in total. The Morgan fingerprint density at radius 2 is 1.89 bits per heavy atom. The molecule has 1 amide bonds. The van der Waals surface area contributed by atoms with Crippen LogP contribution in [0.5, 0.6) is 0 Å². The summed E-state index contributed by atoms with van der Waals surface area (Å²) in [4.78, 5) is 23.5. The fourth-order valence-electron chi connectivity index (χ4n) is 1.83. The van der Waals surface area contributed by atoms with E-state index in [1.807, 2.05) is 6.07 Å². The number of benzene rings is 1. The van der Waals surface area contributed by atoms with Gasteiger partial charge in [0.25, 0.3) is 5.91 Å². The molecule has 0 heterocycles. The average Bonchev–Trinajstić information content (AvgIpc) is 2.60. The van der Waals surface area contributed by atoms with Crippen LogP contribution in [0.15, 0.2) is 29.2 Å². The van der Waals surface area contributed by atoms with Gasteiger partial charge in [0, 0.05) is 11.6 Å². The molecule has 8 nitrogen and oxygen atoms in total. The number of sulfonamides is 1. The minimum Gasteiger partial charge on any atom is -0.456 e. The molecule has 1 aromatic carbocycles. The highest BCUT2D eigenvalue weighted by molar-refractivity contribution is 7.89. The molecule has 0 fully saturated rings. The zero-order valence-electron chi connectivity index (χ0n) is 15.3. The van der Waals surface area contributed by atoms with E-state index in [-0.39, 0.29) is 23.8 Å². The van der Waals surface area contributed by atoms with Gasteiger partial charge in [0.1, 0.15) is 5.54 Å². The predicted octanol–water partition coefficient (Wildman–Crippen LogP) is 1.61. The monoisotopic (exact) mass is 415 g/mol. The van der Waals surface area contributed by atoms with Gasteiger partial charge in [-0.05, 0) is 37.1 Å². The van der Waals surface area contributed by atoms with Gasteiger partial charge in [-0.3, -0.25) is 9.59 Å². The van der Waals surface area contributed by atoms with E-state index in [0.717, 1.165) is 0 Å². The molecular weight excluding hydrogens is 394 g/mol. The van der Waals surface area contributed by atoms with Crippen LogP contribution in [-0.2, 0) is 24.3 Å². The number of halogens is 1. The maximum Gasteiger partial charge on any atom is 0.307 e. The molecule has 0 aliphatic rings. The first kappa shape index (κ1) is 22.9. The summed E-state index contributed by atoms with van der Waals surface area (Å²) >= 11 is 5.71. The van der Waals surface area contributed by atoms with Crippen molar-refractivity contribution in [3.63, 3.8) is 0 Å². The smallest absolute Gasteiger partial charge is 0.307 e. The number of nitriles is 1. The maximum absolute atomic E-state index is 12.0. The van der Waals surface area contributed by atoms with Crippen molar-refractivity contribution in [3.8, 4) is 6.07 Å². The normalized spacial score (nSPS) is 13.5. The molecule has 0 saturated heterocycles. The molecule has 27 heavy (non-hydrogen) atoms. The Morgan fingerprint density at radius 1 is 1.30 bits per heavy atom. The Labute approximate surface area is 163 Å². The minimum absolute atomic E-state index is 0.0177. The molecule has 1 rings (SSSR count). The molecule has 0 aliphatic carbocycles. The SMILES string of the molecule is CC(C)[C@](C)(C#N)NC(=O)COC(=O)CCNS(=O)(=O)c1ccc(Cl)cc1. The summed E-state index contributed by atoms with van der Waals surface area (Å²) in [5.41, 5.74) is -1.07. The van der Waals surface area contributed by atoms with Gasteiger partial charge in [0.2, 0.25) is 10.0 Å². The Kier molecular flexibility index (Phi) is 8.21. The topological polar surface area (TPSA) is 125 Å². The lowest BCUT2D eigenvalue weighted by Crippen LogP contribution is -2.50. The number of hydrogen-bond donors (Lipinski definition) is 2. The lowest BCUT2D eigenvalue weighted by molar-refractivity contribution is -0.148. The summed E-state index contributed by atoms with van der Waals surface area (Å²) in [6.45, 7) is 4.40. The molecule has 0 unspecified atom stereocenters. The zero-order chi connectivity index (χ0) is 20.7. The van der Waals surface area contributed by atoms with Crippen LogP contribution in [0.1, 0.15) is 27.2 Å². The Hall–Kier alpha value is -2.15. The summed E-state index contributed by atoms with van der Waals surface area (Å²) < 4.78 is 31.1. The van der Waals surface area contributed by atoms with Crippen LogP contribution in [-0.4, -0.2) is 39.0 Å².